The van der Waals surface area contributed by atoms with E-state index in [4.69, 9.17) is 5.73 Å². The summed E-state index contributed by atoms with van der Waals surface area (Å²) in [6, 6.07) is 14.1. The van der Waals surface area contributed by atoms with E-state index in [9.17, 15) is 0 Å². The number of rotatable bonds is 4. The lowest BCUT2D eigenvalue weighted by Gasteiger charge is -2.09. The summed E-state index contributed by atoms with van der Waals surface area (Å²) in [6.07, 6.45) is 4.35. The summed E-state index contributed by atoms with van der Waals surface area (Å²) in [5, 5.41) is 3.07. The number of nitrogens with zero attached hydrogens (tertiary/aromatic N) is 2. The minimum Gasteiger partial charge on any atom is -0.324 e. The van der Waals surface area contributed by atoms with Crippen molar-refractivity contribution in [2.24, 2.45) is 5.73 Å². The Kier molecular flexibility index (Phi) is 3.85. The molecule has 2 N–H and O–H groups in total. The summed E-state index contributed by atoms with van der Waals surface area (Å²) in [5.41, 5.74) is 9.45. The van der Waals surface area contributed by atoms with Gasteiger partial charge in [-0.15, -0.1) is 11.3 Å². The molecule has 0 spiro atoms. The van der Waals surface area contributed by atoms with Crippen LogP contribution in [0.4, 0.5) is 0 Å². The molecule has 3 aromatic rings. The van der Waals surface area contributed by atoms with Crippen molar-refractivity contribution in [3.8, 4) is 10.6 Å². The number of hydrogen-bond donors (Lipinski definition) is 1. The summed E-state index contributed by atoms with van der Waals surface area (Å²) in [5.74, 6) is 0. The quantitative estimate of drug-likeness (QED) is 0.797. The first-order valence-electron chi connectivity index (χ1n) is 6.48. The highest BCUT2D eigenvalue weighted by Crippen LogP contribution is 2.24. The van der Waals surface area contributed by atoms with E-state index in [0.29, 0.717) is 0 Å². The molecule has 3 rings (SSSR count). The number of thiazole rings is 1. The average molecular weight is 281 g/mol. The van der Waals surface area contributed by atoms with Crippen molar-refractivity contribution in [3.63, 3.8) is 0 Å². The van der Waals surface area contributed by atoms with E-state index in [2.05, 4.69) is 27.5 Å². The normalized spacial score (nSPS) is 12.2. The molecule has 0 bridgehead atoms. The monoisotopic (exact) mass is 281 g/mol. The lowest BCUT2D eigenvalue weighted by molar-refractivity contribution is 0.710. The number of pyridine rings is 1. The molecule has 20 heavy (non-hydrogen) atoms. The van der Waals surface area contributed by atoms with Crippen molar-refractivity contribution in [2.75, 3.05) is 0 Å². The van der Waals surface area contributed by atoms with Gasteiger partial charge in [-0.25, -0.2) is 4.98 Å². The Morgan fingerprint density at radius 2 is 1.95 bits per heavy atom. The Bertz CT molecular complexity index is 664. The molecule has 3 nitrogen and oxygen atoms in total. The van der Waals surface area contributed by atoms with Gasteiger partial charge in [0, 0.05) is 35.8 Å². The van der Waals surface area contributed by atoms with Crippen molar-refractivity contribution < 1.29 is 0 Å². The third kappa shape index (κ3) is 2.92. The summed E-state index contributed by atoms with van der Waals surface area (Å²) in [7, 11) is 0. The Morgan fingerprint density at radius 1 is 1.10 bits per heavy atom. The highest BCUT2D eigenvalue weighted by atomic mass is 32.1. The Hall–Kier alpha value is -2.04. The van der Waals surface area contributed by atoms with Gasteiger partial charge in [0.25, 0.3) is 0 Å². The van der Waals surface area contributed by atoms with E-state index in [0.717, 1.165) is 28.2 Å². The van der Waals surface area contributed by atoms with Gasteiger partial charge in [0.15, 0.2) is 0 Å². The molecule has 0 aliphatic rings. The van der Waals surface area contributed by atoms with Crippen LogP contribution in [0.3, 0.4) is 0 Å². The number of hydrogen-bond acceptors (Lipinski definition) is 4. The van der Waals surface area contributed by atoms with Gasteiger partial charge in [0.05, 0.1) is 5.69 Å². The zero-order valence-electron chi connectivity index (χ0n) is 10.9. The Labute approximate surface area is 122 Å². The fourth-order valence-corrected chi connectivity index (χ4v) is 2.89. The molecule has 100 valence electrons. The van der Waals surface area contributed by atoms with Gasteiger partial charge >= 0.3 is 0 Å². The van der Waals surface area contributed by atoms with Crippen LogP contribution in [0.2, 0.25) is 0 Å². The second-order valence-electron chi connectivity index (χ2n) is 4.61. The van der Waals surface area contributed by atoms with E-state index in [1.54, 1.807) is 17.5 Å². The number of aromatic nitrogens is 2. The highest BCUT2D eigenvalue weighted by molar-refractivity contribution is 7.13. The third-order valence-electron chi connectivity index (χ3n) is 3.12. The Balaban J connectivity index is 1.75. The molecule has 0 aliphatic carbocycles. The van der Waals surface area contributed by atoms with Crippen LogP contribution in [-0.4, -0.2) is 9.97 Å². The maximum atomic E-state index is 6.23. The highest BCUT2D eigenvalue weighted by Gasteiger charge is 2.10. The van der Waals surface area contributed by atoms with Crippen LogP contribution in [0.1, 0.15) is 17.3 Å². The van der Waals surface area contributed by atoms with Crippen LogP contribution >= 0.6 is 11.3 Å². The van der Waals surface area contributed by atoms with E-state index in [1.807, 2.05) is 36.5 Å². The molecule has 1 atom stereocenters. The molecule has 1 aromatic carbocycles. The van der Waals surface area contributed by atoms with Crippen LogP contribution < -0.4 is 5.73 Å². The van der Waals surface area contributed by atoms with Gasteiger partial charge in [-0.3, -0.25) is 4.98 Å². The molecule has 0 amide bonds. The van der Waals surface area contributed by atoms with Gasteiger partial charge in [0.2, 0.25) is 0 Å². The van der Waals surface area contributed by atoms with E-state index >= 15 is 0 Å². The maximum Gasteiger partial charge on any atom is 0.125 e. The molecule has 0 saturated carbocycles. The van der Waals surface area contributed by atoms with Gasteiger partial charge in [-0.05, 0) is 17.7 Å². The van der Waals surface area contributed by atoms with Crippen LogP contribution in [0.5, 0.6) is 0 Å². The summed E-state index contributed by atoms with van der Waals surface area (Å²) >= 11 is 1.63. The van der Waals surface area contributed by atoms with E-state index in [-0.39, 0.29) is 6.04 Å². The van der Waals surface area contributed by atoms with Crippen LogP contribution in [0.25, 0.3) is 10.6 Å². The number of nitrogens with two attached hydrogens (primary N) is 1. The minimum absolute atomic E-state index is 0.0138. The molecule has 0 radical (unpaired) electrons. The molecule has 4 heteroatoms. The molecule has 0 saturated heterocycles. The zero-order chi connectivity index (χ0) is 13.8. The fraction of sp³-hybridized carbons (Fsp3) is 0.125. The molecule has 2 heterocycles. The summed E-state index contributed by atoms with van der Waals surface area (Å²) < 4.78 is 0. The van der Waals surface area contributed by atoms with Crippen molar-refractivity contribution >= 4 is 11.3 Å². The predicted molar refractivity (Wildman–Crippen MR) is 82.4 cm³/mol. The third-order valence-corrected chi connectivity index (χ3v) is 4.06. The van der Waals surface area contributed by atoms with Crippen LogP contribution in [0, 0.1) is 0 Å². The molecular formula is C16H15N3S. The lowest BCUT2D eigenvalue weighted by atomic mass is 10.0. The van der Waals surface area contributed by atoms with Crippen molar-refractivity contribution in [3.05, 3.63) is 71.5 Å². The first-order valence-corrected chi connectivity index (χ1v) is 7.36. The lowest BCUT2D eigenvalue weighted by Crippen LogP contribution is -2.13. The van der Waals surface area contributed by atoms with Crippen molar-refractivity contribution in [1.29, 1.82) is 0 Å². The largest absolute Gasteiger partial charge is 0.324 e. The molecule has 0 fully saturated rings. The van der Waals surface area contributed by atoms with Gasteiger partial charge in [-0.1, -0.05) is 30.3 Å². The minimum atomic E-state index is -0.0138. The topological polar surface area (TPSA) is 51.8 Å². The SMILES string of the molecule is NC(Cc1csc(-c2cccnc2)n1)c1ccccc1. The van der Waals surface area contributed by atoms with Crippen molar-refractivity contribution in [2.45, 2.75) is 12.5 Å². The second kappa shape index (κ2) is 5.94. The first kappa shape index (κ1) is 13.0. The molecule has 0 aliphatic heterocycles. The molecule has 1 unspecified atom stereocenters. The summed E-state index contributed by atoms with van der Waals surface area (Å²) in [4.78, 5) is 8.77. The standard InChI is InChI=1S/C16H15N3S/c17-15(12-5-2-1-3-6-12)9-14-11-20-16(19-14)13-7-4-8-18-10-13/h1-8,10-11,15H,9,17H2. The van der Waals surface area contributed by atoms with Crippen LogP contribution in [0.15, 0.2) is 60.2 Å². The van der Waals surface area contributed by atoms with E-state index in [1.165, 1.54) is 0 Å². The smallest absolute Gasteiger partial charge is 0.125 e. The Morgan fingerprint density at radius 3 is 2.70 bits per heavy atom. The van der Waals surface area contributed by atoms with Gasteiger partial charge in [0.1, 0.15) is 5.01 Å². The van der Waals surface area contributed by atoms with E-state index < -0.39 is 0 Å². The predicted octanol–water partition coefficient (Wildman–Crippen LogP) is 3.45. The maximum absolute atomic E-state index is 6.23. The second-order valence-corrected chi connectivity index (χ2v) is 5.47. The summed E-state index contributed by atoms with van der Waals surface area (Å²) in [6.45, 7) is 0. The fourth-order valence-electron chi connectivity index (χ4n) is 2.07. The van der Waals surface area contributed by atoms with Gasteiger partial charge in [-0.2, -0.15) is 0 Å². The van der Waals surface area contributed by atoms with Gasteiger partial charge < -0.3 is 5.73 Å². The zero-order valence-corrected chi connectivity index (χ0v) is 11.8. The average Bonchev–Trinajstić information content (AvgIpc) is 2.97. The van der Waals surface area contributed by atoms with Crippen LogP contribution in [-0.2, 0) is 6.42 Å². The molecule has 2 aromatic heterocycles. The number of benzene rings is 1. The van der Waals surface area contributed by atoms with Crippen molar-refractivity contribution in [1.82, 2.24) is 9.97 Å². The molecular weight excluding hydrogens is 266 g/mol. The first-order chi connectivity index (χ1) is 9.83.